The Kier molecular flexibility index (Phi) is 6.43. The second kappa shape index (κ2) is 8.79. The standard InChI is InChI=1S/C22H18Cl3NO/c1-14-6-5-9-21(15(14)2)26-12-16-10-19(24)22(20(25)11-16)27-13-17-7-3-4-8-18(17)23/h3-12H,13H2,1-2H3. The molecule has 0 aromatic heterocycles. The van der Waals surface area contributed by atoms with Gasteiger partial charge in [-0.25, -0.2) is 0 Å². The van der Waals surface area contributed by atoms with Gasteiger partial charge in [-0.3, -0.25) is 4.99 Å². The minimum absolute atomic E-state index is 0.287. The Bertz CT molecular complexity index is 976. The highest BCUT2D eigenvalue weighted by molar-refractivity contribution is 6.37. The summed E-state index contributed by atoms with van der Waals surface area (Å²) in [5, 5.41) is 1.50. The summed E-state index contributed by atoms with van der Waals surface area (Å²) in [5.74, 6) is 0.433. The van der Waals surface area contributed by atoms with E-state index in [-0.39, 0.29) is 6.61 Å². The molecular weight excluding hydrogens is 401 g/mol. The molecule has 138 valence electrons. The molecule has 0 aliphatic carbocycles. The van der Waals surface area contributed by atoms with E-state index in [0.29, 0.717) is 20.8 Å². The Morgan fingerprint density at radius 3 is 2.30 bits per heavy atom. The van der Waals surface area contributed by atoms with Crippen molar-refractivity contribution in [3.8, 4) is 5.75 Å². The van der Waals surface area contributed by atoms with Gasteiger partial charge in [0.05, 0.1) is 15.7 Å². The molecule has 27 heavy (non-hydrogen) atoms. The van der Waals surface area contributed by atoms with Gasteiger partial charge < -0.3 is 4.74 Å². The van der Waals surface area contributed by atoms with Crippen molar-refractivity contribution in [2.75, 3.05) is 0 Å². The number of nitrogens with zero attached hydrogens (tertiary/aromatic N) is 1. The first kappa shape index (κ1) is 19.8. The van der Waals surface area contributed by atoms with Crippen LogP contribution in [0.1, 0.15) is 22.3 Å². The largest absolute Gasteiger partial charge is 0.486 e. The van der Waals surface area contributed by atoms with E-state index in [9.17, 15) is 0 Å². The smallest absolute Gasteiger partial charge is 0.157 e. The van der Waals surface area contributed by atoms with Crippen molar-refractivity contribution in [3.05, 3.63) is 91.9 Å². The molecule has 0 amide bonds. The lowest BCUT2D eigenvalue weighted by Crippen LogP contribution is -1.98. The zero-order valence-corrected chi connectivity index (χ0v) is 17.2. The summed E-state index contributed by atoms with van der Waals surface area (Å²) in [5.41, 5.74) is 4.93. The number of rotatable bonds is 5. The third kappa shape index (κ3) is 4.84. The third-order valence-corrected chi connectivity index (χ3v) is 5.21. The maximum Gasteiger partial charge on any atom is 0.157 e. The summed E-state index contributed by atoms with van der Waals surface area (Å²) in [7, 11) is 0. The second-order valence-corrected chi connectivity index (χ2v) is 7.39. The van der Waals surface area contributed by atoms with Gasteiger partial charge in [0.2, 0.25) is 0 Å². The molecule has 0 heterocycles. The first-order valence-corrected chi connectivity index (χ1v) is 9.54. The van der Waals surface area contributed by atoms with Crippen LogP contribution in [0, 0.1) is 13.8 Å². The zero-order valence-electron chi connectivity index (χ0n) is 15.0. The van der Waals surface area contributed by atoms with Crippen LogP contribution in [-0.2, 0) is 6.61 Å². The predicted molar refractivity (Wildman–Crippen MR) is 115 cm³/mol. The van der Waals surface area contributed by atoms with E-state index >= 15 is 0 Å². The second-order valence-electron chi connectivity index (χ2n) is 6.17. The Balaban J connectivity index is 1.79. The molecule has 3 aromatic carbocycles. The number of hydrogen-bond acceptors (Lipinski definition) is 2. The minimum Gasteiger partial charge on any atom is -0.486 e. The van der Waals surface area contributed by atoms with Crippen LogP contribution in [0.15, 0.2) is 59.6 Å². The quantitative estimate of drug-likeness (QED) is 0.391. The molecule has 0 aliphatic heterocycles. The van der Waals surface area contributed by atoms with Crippen molar-refractivity contribution in [1.82, 2.24) is 0 Å². The van der Waals surface area contributed by atoms with Crippen LogP contribution in [-0.4, -0.2) is 6.21 Å². The summed E-state index contributed by atoms with van der Waals surface area (Å²) in [6.45, 7) is 4.40. The molecule has 5 heteroatoms. The van der Waals surface area contributed by atoms with Gasteiger partial charge in [-0.15, -0.1) is 0 Å². The van der Waals surface area contributed by atoms with Crippen molar-refractivity contribution >= 4 is 46.7 Å². The fourth-order valence-electron chi connectivity index (χ4n) is 2.58. The van der Waals surface area contributed by atoms with Crippen LogP contribution in [0.2, 0.25) is 15.1 Å². The van der Waals surface area contributed by atoms with Gasteiger partial charge in [-0.1, -0.05) is 65.1 Å². The highest BCUT2D eigenvalue weighted by Gasteiger charge is 2.10. The fourth-order valence-corrected chi connectivity index (χ4v) is 3.38. The van der Waals surface area contributed by atoms with Crippen LogP contribution in [0.4, 0.5) is 5.69 Å². The number of aryl methyl sites for hydroxylation is 1. The number of hydrogen-bond donors (Lipinski definition) is 0. The van der Waals surface area contributed by atoms with E-state index in [1.54, 1.807) is 18.3 Å². The summed E-state index contributed by atoms with van der Waals surface area (Å²) in [6, 6.07) is 17.1. The fraction of sp³-hybridized carbons (Fsp3) is 0.136. The van der Waals surface area contributed by atoms with Gasteiger partial charge >= 0.3 is 0 Å². The van der Waals surface area contributed by atoms with Crippen LogP contribution in [0.3, 0.4) is 0 Å². The van der Waals surface area contributed by atoms with Crippen molar-refractivity contribution in [1.29, 1.82) is 0 Å². The van der Waals surface area contributed by atoms with E-state index < -0.39 is 0 Å². The van der Waals surface area contributed by atoms with Gasteiger partial charge in [0.25, 0.3) is 0 Å². The van der Waals surface area contributed by atoms with Gasteiger partial charge in [-0.05, 0) is 54.8 Å². The summed E-state index contributed by atoms with van der Waals surface area (Å²) in [4.78, 5) is 4.55. The lowest BCUT2D eigenvalue weighted by molar-refractivity contribution is 0.306. The average molecular weight is 419 g/mol. The van der Waals surface area contributed by atoms with Crippen LogP contribution >= 0.6 is 34.8 Å². The average Bonchev–Trinajstić information content (AvgIpc) is 2.63. The van der Waals surface area contributed by atoms with E-state index in [0.717, 1.165) is 22.4 Å². The summed E-state index contributed by atoms with van der Waals surface area (Å²) in [6.07, 6.45) is 1.75. The predicted octanol–water partition coefficient (Wildman–Crippen LogP) is 7.59. The molecule has 0 saturated heterocycles. The monoisotopic (exact) mass is 417 g/mol. The molecule has 0 atom stereocenters. The van der Waals surface area contributed by atoms with Crippen molar-refractivity contribution < 1.29 is 4.74 Å². The number of ether oxygens (including phenoxy) is 1. The van der Waals surface area contributed by atoms with E-state index in [4.69, 9.17) is 39.5 Å². The molecule has 0 N–H and O–H groups in total. The van der Waals surface area contributed by atoms with Crippen molar-refractivity contribution in [2.45, 2.75) is 20.5 Å². The van der Waals surface area contributed by atoms with Crippen LogP contribution in [0.25, 0.3) is 0 Å². The van der Waals surface area contributed by atoms with E-state index in [1.807, 2.05) is 43.3 Å². The molecular formula is C22H18Cl3NO. The number of aliphatic imine (C=N–C) groups is 1. The third-order valence-electron chi connectivity index (χ3n) is 4.28. The van der Waals surface area contributed by atoms with E-state index in [1.165, 1.54) is 5.56 Å². The molecule has 0 unspecified atom stereocenters. The topological polar surface area (TPSA) is 21.6 Å². The first-order valence-electron chi connectivity index (χ1n) is 8.41. The molecule has 0 aliphatic rings. The lowest BCUT2D eigenvalue weighted by atomic mass is 10.1. The molecule has 0 bridgehead atoms. The van der Waals surface area contributed by atoms with Gasteiger partial charge in [0.15, 0.2) is 5.75 Å². The zero-order chi connectivity index (χ0) is 19.4. The molecule has 2 nitrogen and oxygen atoms in total. The molecule has 3 aromatic rings. The maximum atomic E-state index is 6.37. The van der Waals surface area contributed by atoms with Gasteiger partial charge in [0.1, 0.15) is 6.61 Å². The molecule has 0 spiro atoms. The minimum atomic E-state index is 0.287. The molecule has 0 radical (unpaired) electrons. The molecule has 3 rings (SSSR count). The number of benzene rings is 3. The molecule has 0 saturated carbocycles. The SMILES string of the molecule is Cc1cccc(N=Cc2cc(Cl)c(OCc3ccccc3Cl)c(Cl)c2)c1C. The van der Waals surface area contributed by atoms with E-state index in [2.05, 4.69) is 18.0 Å². The highest BCUT2D eigenvalue weighted by atomic mass is 35.5. The van der Waals surface area contributed by atoms with Crippen molar-refractivity contribution in [2.24, 2.45) is 4.99 Å². The Hall–Kier alpha value is -2.00. The lowest BCUT2D eigenvalue weighted by Gasteiger charge is -2.12. The Morgan fingerprint density at radius 2 is 1.59 bits per heavy atom. The first-order chi connectivity index (χ1) is 13.0. The van der Waals surface area contributed by atoms with Crippen LogP contribution in [0.5, 0.6) is 5.75 Å². The number of halogens is 3. The Labute approximate surface area is 174 Å². The normalized spacial score (nSPS) is 11.1. The van der Waals surface area contributed by atoms with Gasteiger partial charge in [-0.2, -0.15) is 0 Å². The highest BCUT2D eigenvalue weighted by Crippen LogP contribution is 2.35. The molecule has 0 fully saturated rings. The van der Waals surface area contributed by atoms with Crippen LogP contribution < -0.4 is 4.74 Å². The van der Waals surface area contributed by atoms with Crippen molar-refractivity contribution in [3.63, 3.8) is 0 Å². The Morgan fingerprint density at radius 1 is 0.889 bits per heavy atom. The van der Waals surface area contributed by atoms with Gasteiger partial charge in [0, 0.05) is 16.8 Å². The summed E-state index contributed by atoms with van der Waals surface area (Å²) < 4.78 is 5.79. The summed E-state index contributed by atoms with van der Waals surface area (Å²) >= 11 is 18.9. The maximum absolute atomic E-state index is 6.37.